The first-order valence-corrected chi connectivity index (χ1v) is 12.3. The molecule has 0 aliphatic rings. The lowest BCUT2D eigenvalue weighted by Gasteiger charge is -2.02. The molecule has 5 nitrogen and oxygen atoms in total. The summed E-state index contributed by atoms with van der Waals surface area (Å²) in [7, 11) is 0. The Bertz CT molecular complexity index is 1230. The number of aromatic nitrogens is 3. The van der Waals surface area contributed by atoms with Gasteiger partial charge in [0.05, 0.1) is 15.8 Å². The van der Waals surface area contributed by atoms with Crippen LogP contribution in [0.5, 0.6) is 0 Å². The highest BCUT2D eigenvalue weighted by molar-refractivity contribution is 7.99. The van der Waals surface area contributed by atoms with Crippen molar-refractivity contribution in [2.24, 2.45) is 4.99 Å². The number of hydrogen-bond donors (Lipinski definition) is 1. The summed E-state index contributed by atoms with van der Waals surface area (Å²) >= 11 is 3.30. The average molecular weight is 451 g/mol. The van der Waals surface area contributed by atoms with Gasteiger partial charge in [0.2, 0.25) is 5.13 Å². The molecule has 0 saturated heterocycles. The van der Waals surface area contributed by atoms with Gasteiger partial charge in [-0.25, -0.2) is 4.98 Å². The highest BCUT2D eigenvalue weighted by atomic mass is 32.2. The zero-order chi connectivity index (χ0) is 21.8. The van der Waals surface area contributed by atoms with Gasteiger partial charge in [-0.05, 0) is 44.5 Å². The maximum atomic E-state index is 13.3. The largest absolute Gasteiger partial charge is 0.292 e. The van der Waals surface area contributed by atoms with Crippen molar-refractivity contribution in [3.63, 3.8) is 0 Å². The Morgan fingerprint density at radius 2 is 1.97 bits per heavy atom. The van der Waals surface area contributed by atoms with Gasteiger partial charge in [0.1, 0.15) is 0 Å². The Kier molecular flexibility index (Phi) is 6.73. The summed E-state index contributed by atoms with van der Waals surface area (Å²) in [5.74, 6) is 0.875. The lowest BCUT2D eigenvalue weighted by atomic mass is 10.1. The predicted molar refractivity (Wildman–Crippen MR) is 133 cm³/mol. The molecule has 4 aromatic rings. The molecule has 2 heterocycles. The number of aromatic amines is 1. The molecule has 0 unspecified atom stereocenters. The Balaban J connectivity index is 1.56. The van der Waals surface area contributed by atoms with Crippen LogP contribution in [-0.4, -0.2) is 32.8 Å². The monoisotopic (exact) mass is 450 g/mol. The summed E-state index contributed by atoms with van der Waals surface area (Å²) in [6, 6.07) is 16.5. The number of aliphatic imine (C=N–C) groups is 1. The number of rotatable bonds is 8. The van der Waals surface area contributed by atoms with E-state index in [2.05, 4.69) is 48.2 Å². The van der Waals surface area contributed by atoms with Crippen LogP contribution in [0.4, 0.5) is 0 Å². The van der Waals surface area contributed by atoms with E-state index >= 15 is 0 Å². The molecular formula is C24H26N4OS2. The molecule has 0 atom stereocenters. The number of benzene rings is 2. The minimum atomic E-state index is -0.0741. The average Bonchev–Trinajstić information content (AvgIpc) is 3.33. The number of nitrogens with one attached hydrogen (secondary N) is 1. The van der Waals surface area contributed by atoms with Gasteiger partial charge in [-0.1, -0.05) is 54.5 Å². The molecule has 7 heteroatoms. The minimum absolute atomic E-state index is 0.0741. The fraction of sp³-hybridized carbons (Fsp3) is 0.292. The molecule has 2 aromatic carbocycles. The highest BCUT2D eigenvalue weighted by Crippen LogP contribution is 2.24. The molecule has 31 heavy (non-hydrogen) atoms. The van der Waals surface area contributed by atoms with Crippen molar-refractivity contribution >= 4 is 39.0 Å². The van der Waals surface area contributed by atoms with E-state index in [4.69, 9.17) is 4.99 Å². The normalized spacial score (nSPS) is 12.0. The zero-order valence-electron chi connectivity index (χ0n) is 18.0. The Labute approximate surface area is 190 Å². The van der Waals surface area contributed by atoms with E-state index in [9.17, 15) is 4.79 Å². The van der Waals surface area contributed by atoms with Crippen molar-refractivity contribution in [3.8, 4) is 5.13 Å². The number of thiazole rings is 1. The van der Waals surface area contributed by atoms with Gasteiger partial charge in [-0.2, -0.15) is 4.68 Å². The summed E-state index contributed by atoms with van der Waals surface area (Å²) < 4.78 is 2.64. The van der Waals surface area contributed by atoms with Crippen LogP contribution in [0.25, 0.3) is 15.3 Å². The molecule has 1 N–H and O–H groups in total. The first-order valence-electron chi connectivity index (χ1n) is 10.5. The van der Waals surface area contributed by atoms with Crippen LogP contribution < -0.4 is 5.56 Å². The molecule has 0 spiro atoms. The smallest absolute Gasteiger partial charge is 0.282 e. The Morgan fingerprint density at radius 3 is 2.71 bits per heavy atom. The molecule has 160 valence electrons. The fourth-order valence-corrected chi connectivity index (χ4v) is 5.14. The number of thioether (sulfide) groups is 1. The van der Waals surface area contributed by atoms with Gasteiger partial charge >= 0.3 is 0 Å². The molecule has 0 aliphatic carbocycles. The number of fused-ring (bicyclic) bond motifs is 1. The van der Waals surface area contributed by atoms with Gasteiger partial charge in [0.25, 0.3) is 5.56 Å². The van der Waals surface area contributed by atoms with Gasteiger partial charge < -0.3 is 0 Å². The topological polar surface area (TPSA) is 63.0 Å². The van der Waals surface area contributed by atoms with E-state index in [1.54, 1.807) is 16.4 Å². The van der Waals surface area contributed by atoms with Gasteiger partial charge in [0, 0.05) is 28.6 Å². The zero-order valence-corrected chi connectivity index (χ0v) is 19.6. The van der Waals surface area contributed by atoms with Crippen LogP contribution in [0.15, 0.2) is 63.2 Å². The van der Waals surface area contributed by atoms with Crippen LogP contribution in [-0.2, 0) is 6.42 Å². The molecule has 4 rings (SSSR count). The van der Waals surface area contributed by atoms with Gasteiger partial charge in [0.15, 0.2) is 0 Å². The van der Waals surface area contributed by atoms with E-state index in [1.807, 2.05) is 31.2 Å². The van der Waals surface area contributed by atoms with Crippen molar-refractivity contribution in [2.75, 3.05) is 12.3 Å². The van der Waals surface area contributed by atoms with E-state index in [0.717, 1.165) is 40.2 Å². The second-order valence-electron chi connectivity index (χ2n) is 7.45. The Morgan fingerprint density at radius 1 is 1.19 bits per heavy atom. The molecule has 0 radical (unpaired) electrons. The summed E-state index contributed by atoms with van der Waals surface area (Å²) in [6.45, 7) is 6.81. The molecule has 0 amide bonds. The van der Waals surface area contributed by atoms with Crippen LogP contribution in [0.2, 0.25) is 0 Å². The van der Waals surface area contributed by atoms with Crippen molar-refractivity contribution in [1.82, 2.24) is 14.8 Å². The summed E-state index contributed by atoms with van der Waals surface area (Å²) in [6.07, 6.45) is 1.75. The third-order valence-corrected chi connectivity index (χ3v) is 7.04. The number of para-hydroxylation sites is 1. The van der Waals surface area contributed by atoms with E-state index in [1.165, 1.54) is 21.8 Å². The highest BCUT2D eigenvalue weighted by Gasteiger charge is 2.19. The van der Waals surface area contributed by atoms with Crippen molar-refractivity contribution in [1.29, 1.82) is 0 Å². The summed E-state index contributed by atoms with van der Waals surface area (Å²) in [5, 5.41) is 3.96. The molecule has 2 aromatic heterocycles. The first-order chi connectivity index (χ1) is 15.1. The SMILES string of the molecule is CCCc1[nH]n(-c2nc3ccccc3s2)c(=O)c1C(C)=NCCSc1ccc(C)cc1. The fourth-order valence-electron chi connectivity index (χ4n) is 3.47. The maximum absolute atomic E-state index is 13.3. The van der Waals surface area contributed by atoms with Crippen molar-refractivity contribution < 1.29 is 0 Å². The summed E-state index contributed by atoms with van der Waals surface area (Å²) in [4.78, 5) is 23.9. The van der Waals surface area contributed by atoms with Gasteiger partial charge in [-0.15, -0.1) is 11.8 Å². The van der Waals surface area contributed by atoms with E-state index in [0.29, 0.717) is 17.2 Å². The number of hydrogen-bond acceptors (Lipinski definition) is 5. The molecule has 0 fully saturated rings. The summed E-state index contributed by atoms with van der Waals surface area (Å²) in [5.41, 5.74) is 4.49. The first kappa shape index (κ1) is 21.6. The number of nitrogens with zero attached hydrogens (tertiary/aromatic N) is 3. The van der Waals surface area contributed by atoms with E-state index in [-0.39, 0.29) is 5.56 Å². The number of H-pyrrole nitrogens is 1. The number of aryl methyl sites for hydroxylation is 2. The third kappa shape index (κ3) is 4.83. The van der Waals surface area contributed by atoms with Crippen LogP contribution in [0, 0.1) is 6.92 Å². The minimum Gasteiger partial charge on any atom is -0.292 e. The standard InChI is InChI=1S/C24H26N4OS2/c1-4-7-20-22(17(3)25-14-15-30-18-12-10-16(2)11-13-18)23(29)28(27-20)24-26-19-8-5-6-9-21(19)31-24/h5-6,8-13,27H,4,7,14-15H2,1-3H3. The second kappa shape index (κ2) is 9.66. The van der Waals surface area contributed by atoms with Crippen molar-refractivity contribution in [2.45, 2.75) is 38.5 Å². The molecular weight excluding hydrogens is 424 g/mol. The van der Waals surface area contributed by atoms with Gasteiger partial charge in [-0.3, -0.25) is 14.9 Å². The maximum Gasteiger partial charge on any atom is 0.282 e. The van der Waals surface area contributed by atoms with Crippen molar-refractivity contribution in [3.05, 3.63) is 75.7 Å². The Hall–Kier alpha value is -2.64. The van der Waals surface area contributed by atoms with Crippen LogP contribution >= 0.6 is 23.1 Å². The van der Waals surface area contributed by atoms with Crippen LogP contribution in [0.3, 0.4) is 0 Å². The lowest BCUT2D eigenvalue weighted by molar-refractivity contribution is 0.790. The quantitative estimate of drug-likeness (QED) is 0.215. The van der Waals surface area contributed by atoms with E-state index < -0.39 is 0 Å². The molecule has 0 aliphatic heterocycles. The second-order valence-corrected chi connectivity index (χ2v) is 9.63. The third-order valence-electron chi connectivity index (χ3n) is 5.03. The lowest BCUT2D eigenvalue weighted by Crippen LogP contribution is -2.20. The molecule has 0 bridgehead atoms. The van der Waals surface area contributed by atoms with Crippen LogP contribution in [0.1, 0.15) is 37.1 Å². The predicted octanol–water partition coefficient (Wildman–Crippen LogP) is 5.64. The molecule has 0 saturated carbocycles.